The molecule has 0 spiro atoms. The third-order valence-corrected chi connectivity index (χ3v) is 7.99. The number of benzene rings is 4. The highest BCUT2D eigenvalue weighted by atomic mass is 32.2. The molecule has 4 N–H and O–H groups in total. The fourth-order valence-electron chi connectivity index (χ4n) is 4.56. The first-order valence-corrected chi connectivity index (χ1v) is 15.4. The van der Waals surface area contributed by atoms with Crippen molar-refractivity contribution >= 4 is 71.3 Å². The number of hydrogen-bond acceptors (Lipinski definition) is 9. The predicted molar refractivity (Wildman–Crippen MR) is 163 cm³/mol. The van der Waals surface area contributed by atoms with Gasteiger partial charge >= 0.3 is 0 Å². The molecule has 2 amide bonds. The van der Waals surface area contributed by atoms with Gasteiger partial charge in [0.2, 0.25) is 11.8 Å². The Bertz CT molecular complexity index is 2020. The maximum Gasteiger partial charge on any atom is 0.297 e. The van der Waals surface area contributed by atoms with Crippen LogP contribution < -0.4 is 15.5 Å². The molecule has 0 atom stereocenters. The lowest BCUT2D eigenvalue weighted by molar-refractivity contribution is -0.115. The summed E-state index contributed by atoms with van der Waals surface area (Å²) in [6.07, 6.45) is 0. The van der Waals surface area contributed by atoms with Crippen molar-refractivity contribution in [2.24, 2.45) is 10.2 Å². The van der Waals surface area contributed by atoms with Gasteiger partial charge in [0.25, 0.3) is 20.2 Å². The fourth-order valence-corrected chi connectivity index (χ4v) is 6.06. The molecule has 0 unspecified atom stereocenters. The van der Waals surface area contributed by atoms with Gasteiger partial charge in [-0.1, -0.05) is 30.3 Å². The number of carbonyl (C=O) groups excluding carboxylic acids is 2. The van der Waals surface area contributed by atoms with Crippen LogP contribution in [0.25, 0.3) is 21.9 Å². The van der Waals surface area contributed by atoms with E-state index in [0.717, 1.165) is 23.2 Å². The quantitative estimate of drug-likeness (QED) is 0.146. The van der Waals surface area contributed by atoms with Gasteiger partial charge < -0.3 is 15.5 Å². The van der Waals surface area contributed by atoms with Crippen LogP contribution in [0, 0.1) is 0 Å². The minimum absolute atomic E-state index is 0.0488. The molecular formula is C28H27N5O8S2. The van der Waals surface area contributed by atoms with Crippen LogP contribution in [0.15, 0.2) is 86.7 Å². The third kappa shape index (κ3) is 6.86. The summed E-state index contributed by atoms with van der Waals surface area (Å²) in [4.78, 5) is 24.0. The zero-order chi connectivity index (χ0) is 31.7. The molecule has 0 radical (unpaired) electrons. The summed E-state index contributed by atoms with van der Waals surface area (Å²) in [6, 6.07) is 16.5. The molecule has 0 heterocycles. The second-order valence-corrected chi connectivity index (χ2v) is 12.4. The van der Waals surface area contributed by atoms with E-state index in [2.05, 4.69) is 20.9 Å². The molecule has 0 aliphatic rings. The van der Waals surface area contributed by atoms with Gasteiger partial charge in [0.05, 0.1) is 5.69 Å². The van der Waals surface area contributed by atoms with Gasteiger partial charge in [0, 0.05) is 50.3 Å². The van der Waals surface area contributed by atoms with Gasteiger partial charge in [0.15, 0.2) is 0 Å². The number of rotatable bonds is 8. The van der Waals surface area contributed by atoms with Crippen LogP contribution in [-0.2, 0) is 29.8 Å². The second-order valence-electron chi connectivity index (χ2n) is 9.60. The number of anilines is 3. The van der Waals surface area contributed by atoms with Crippen LogP contribution in [0.3, 0.4) is 0 Å². The molecule has 43 heavy (non-hydrogen) atoms. The van der Waals surface area contributed by atoms with E-state index in [4.69, 9.17) is 0 Å². The number of fused-ring (bicyclic) bond motifs is 1. The lowest BCUT2D eigenvalue weighted by Crippen LogP contribution is -2.11. The summed E-state index contributed by atoms with van der Waals surface area (Å²) >= 11 is 0. The van der Waals surface area contributed by atoms with Crippen LogP contribution in [0.4, 0.5) is 28.4 Å². The smallest absolute Gasteiger partial charge is 0.297 e. The highest BCUT2D eigenvalue weighted by Gasteiger charge is 2.27. The van der Waals surface area contributed by atoms with E-state index in [0.29, 0.717) is 10.9 Å². The van der Waals surface area contributed by atoms with E-state index >= 15 is 0 Å². The monoisotopic (exact) mass is 625 g/mol. The second kappa shape index (κ2) is 11.9. The highest BCUT2D eigenvalue weighted by molar-refractivity contribution is 7.86. The normalized spacial score (nSPS) is 12.0. The van der Waals surface area contributed by atoms with Crippen LogP contribution in [0.5, 0.6) is 0 Å². The van der Waals surface area contributed by atoms with Gasteiger partial charge in [-0.25, -0.2) is 0 Å². The number of nitrogens with zero attached hydrogens (tertiary/aromatic N) is 3. The van der Waals surface area contributed by atoms with Crippen molar-refractivity contribution < 1.29 is 35.5 Å². The molecule has 0 aliphatic carbocycles. The van der Waals surface area contributed by atoms with E-state index in [-0.39, 0.29) is 28.3 Å². The maximum absolute atomic E-state index is 12.9. The van der Waals surface area contributed by atoms with E-state index in [9.17, 15) is 35.5 Å². The number of hydrogen-bond donors (Lipinski definition) is 4. The summed E-state index contributed by atoms with van der Waals surface area (Å²) in [6.45, 7) is 2.44. The largest absolute Gasteiger partial charge is 0.377 e. The van der Waals surface area contributed by atoms with Gasteiger partial charge in [-0.2, -0.15) is 16.8 Å². The van der Waals surface area contributed by atoms with Crippen LogP contribution in [0.1, 0.15) is 13.8 Å². The number of nitrogens with one attached hydrogen (secondary N) is 2. The minimum atomic E-state index is -5.06. The molecule has 224 valence electrons. The molecule has 0 fully saturated rings. The number of azo groups is 1. The summed E-state index contributed by atoms with van der Waals surface area (Å²) in [5.41, 5.74) is 0.420. The van der Waals surface area contributed by atoms with E-state index in [1.807, 2.05) is 31.1 Å². The Morgan fingerprint density at radius 1 is 0.744 bits per heavy atom. The summed E-state index contributed by atoms with van der Waals surface area (Å²) in [7, 11) is -6.23. The Kier molecular flexibility index (Phi) is 8.64. The Labute approximate surface area is 247 Å². The first-order chi connectivity index (χ1) is 20.1. The average Bonchev–Trinajstić information content (AvgIpc) is 2.90. The molecule has 0 aromatic heterocycles. The van der Waals surface area contributed by atoms with Crippen molar-refractivity contribution in [1.29, 1.82) is 0 Å². The third-order valence-electron chi connectivity index (χ3n) is 6.18. The molecule has 4 aromatic carbocycles. The van der Waals surface area contributed by atoms with Crippen LogP contribution >= 0.6 is 0 Å². The first-order valence-electron chi connectivity index (χ1n) is 12.5. The summed E-state index contributed by atoms with van der Waals surface area (Å²) in [5.74, 6) is -1.01. The van der Waals surface area contributed by atoms with Gasteiger partial charge in [-0.3, -0.25) is 18.7 Å². The highest BCUT2D eigenvalue weighted by Crippen LogP contribution is 2.45. The molecule has 4 rings (SSSR count). The summed E-state index contributed by atoms with van der Waals surface area (Å²) in [5, 5.41) is 14.1. The molecule has 13 nitrogen and oxygen atoms in total. The number of amides is 2. The Balaban J connectivity index is 2.04. The SMILES string of the molecule is CC(=O)Nc1ccc(N=Nc2ccc(NC(C)=O)c(-c3ccc(N(C)C)c4ccccc34)c2S(=O)(=O)O)c(S(=O)(=O)O)c1. The molecule has 0 saturated carbocycles. The van der Waals surface area contributed by atoms with E-state index in [1.54, 1.807) is 24.3 Å². The van der Waals surface area contributed by atoms with Crippen molar-refractivity contribution in [2.75, 3.05) is 29.6 Å². The van der Waals surface area contributed by atoms with Gasteiger partial charge in [0.1, 0.15) is 21.2 Å². The zero-order valence-corrected chi connectivity index (χ0v) is 25.0. The molecule has 0 saturated heterocycles. The lowest BCUT2D eigenvalue weighted by Gasteiger charge is -2.20. The molecule has 4 aromatic rings. The van der Waals surface area contributed by atoms with E-state index < -0.39 is 41.8 Å². The van der Waals surface area contributed by atoms with Crippen molar-refractivity contribution in [3.8, 4) is 11.1 Å². The van der Waals surface area contributed by atoms with Crippen LogP contribution in [-0.4, -0.2) is 51.9 Å². The van der Waals surface area contributed by atoms with Crippen molar-refractivity contribution in [1.82, 2.24) is 0 Å². The lowest BCUT2D eigenvalue weighted by atomic mass is 9.95. The maximum atomic E-state index is 12.9. The molecule has 15 heteroatoms. The Morgan fingerprint density at radius 3 is 1.93 bits per heavy atom. The Morgan fingerprint density at radius 2 is 1.35 bits per heavy atom. The average molecular weight is 626 g/mol. The van der Waals surface area contributed by atoms with E-state index in [1.165, 1.54) is 32.0 Å². The van der Waals surface area contributed by atoms with Gasteiger partial charge in [-0.05, 0) is 47.3 Å². The molecule has 0 aliphatic heterocycles. The topological polar surface area (TPSA) is 195 Å². The Hall–Kier alpha value is -4.70. The van der Waals surface area contributed by atoms with Crippen LogP contribution in [0.2, 0.25) is 0 Å². The fraction of sp³-hybridized carbons (Fsp3) is 0.143. The standard InChI is InChI=1S/C28H27N5O8S2/c1-16(34)29-18-9-11-22(26(15-18)42(36,37)38)31-32-24-13-12-23(30-17(2)35)27(28(24)43(39,40)41)21-10-14-25(33(3)4)20-8-6-5-7-19(20)21/h5-15H,1-4H3,(H,29,34)(H,30,35)(H,36,37,38)(H,39,40,41). The van der Waals surface area contributed by atoms with Gasteiger partial charge in [-0.15, -0.1) is 10.2 Å². The molecule has 0 bridgehead atoms. The van der Waals surface area contributed by atoms with Crippen molar-refractivity contribution in [3.63, 3.8) is 0 Å². The predicted octanol–water partition coefficient (Wildman–Crippen LogP) is 5.40. The van der Waals surface area contributed by atoms with Crippen molar-refractivity contribution in [3.05, 3.63) is 66.7 Å². The molecular weight excluding hydrogens is 598 g/mol. The first kappa shape index (κ1) is 31.2. The minimum Gasteiger partial charge on any atom is -0.377 e. The zero-order valence-electron chi connectivity index (χ0n) is 23.4. The van der Waals surface area contributed by atoms with Crippen molar-refractivity contribution in [2.45, 2.75) is 23.6 Å². The number of carbonyl (C=O) groups is 2. The summed E-state index contributed by atoms with van der Waals surface area (Å²) < 4.78 is 70.3.